The fraction of sp³-hybridized carbons (Fsp3) is 0.0769. The zero-order valence-corrected chi connectivity index (χ0v) is 48.3. The number of imidazole rings is 1. The van der Waals surface area contributed by atoms with E-state index in [1.807, 2.05) is 161 Å². The van der Waals surface area contributed by atoms with Crippen LogP contribution in [-0.4, -0.2) is 14.1 Å². The number of pyridine rings is 1. The summed E-state index contributed by atoms with van der Waals surface area (Å²) in [6.45, 7) is 0.953. The molecule has 0 N–H and O–H groups in total. The molecule has 11 aromatic carbocycles. The summed E-state index contributed by atoms with van der Waals surface area (Å²) < 4.78 is 118. The molecule has 410 valence electrons. The number of benzene rings is 11. The Morgan fingerprint density at radius 1 is 0.529 bits per heavy atom. The molecule has 0 atom stereocenters. The maximum absolute atomic E-state index is 9.45. The first kappa shape index (κ1) is 41.2. The molecule has 1 aliphatic rings. The van der Waals surface area contributed by atoms with Crippen molar-refractivity contribution in [3.05, 3.63) is 272 Å². The molecule has 0 spiro atoms. The van der Waals surface area contributed by atoms with Gasteiger partial charge in [-0.1, -0.05) is 184 Å². The molecule has 0 aliphatic carbocycles. The molecule has 4 aromatic heterocycles. The Kier molecular flexibility index (Phi) is 9.78. The summed E-state index contributed by atoms with van der Waals surface area (Å²) in [6, 6.07) is 67.8. The Bertz CT molecular complexity index is 5700. The van der Waals surface area contributed by atoms with Crippen LogP contribution in [-0.2, 0) is 26.5 Å². The molecule has 0 radical (unpaired) electrons. The van der Waals surface area contributed by atoms with Gasteiger partial charge >= 0.3 is 0 Å². The largest absolute Gasteiger partial charge is 0.510 e. The van der Waals surface area contributed by atoms with Gasteiger partial charge in [-0.3, -0.25) is 4.57 Å². The van der Waals surface area contributed by atoms with Gasteiger partial charge in [-0.25, -0.2) is 4.98 Å². The van der Waals surface area contributed by atoms with Crippen molar-refractivity contribution in [3.63, 3.8) is 0 Å². The fourth-order valence-corrected chi connectivity index (χ4v) is 12.4. The minimum absolute atomic E-state index is 0. The van der Waals surface area contributed by atoms with E-state index in [4.69, 9.17) is 26.5 Å². The van der Waals surface area contributed by atoms with Crippen LogP contribution in [0.1, 0.15) is 52.5 Å². The van der Waals surface area contributed by atoms with Gasteiger partial charge in [0.05, 0.1) is 23.6 Å². The van der Waals surface area contributed by atoms with E-state index >= 15 is 0 Å². The van der Waals surface area contributed by atoms with Crippen LogP contribution < -0.4 is 9.30 Å². The van der Waals surface area contributed by atoms with E-state index < -0.39 is 31.8 Å². The minimum Gasteiger partial charge on any atom is -0.510 e. The molecule has 1 aliphatic heterocycles. The Morgan fingerprint density at radius 2 is 1.24 bits per heavy atom. The van der Waals surface area contributed by atoms with Crippen LogP contribution in [0.3, 0.4) is 0 Å². The van der Waals surface area contributed by atoms with Gasteiger partial charge < -0.3 is 18.3 Å². The number of aromatic nitrogens is 4. The van der Waals surface area contributed by atoms with Crippen LogP contribution in [0.4, 0.5) is 0 Å². The van der Waals surface area contributed by atoms with Gasteiger partial charge in [-0.05, 0) is 156 Å². The number of nitrogens with zero attached hydrogens (tertiary/aromatic N) is 4. The first-order valence-corrected chi connectivity index (χ1v) is 27.8. The summed E-state index contributed by atoms with van der Waals surface area (Å²) in [5, 5.41) is 3.78. The van der Waals surface area contributed by atoms with E-state index in [2.05, 4.69) is 68.1 Å². The van der Waals surface area contributed by atoms with E-state index in [0.29, 0.717) is 78.4 Å². The average molecular weight is 1290 g/mol. The first-order chi connectivity index (χ1) is 45.6. The number of hydrogen-bond donors (Lipinski definition) is 0. The van der Waals surface area contributed by atoms with Gasteiger partial charge in [0.2, 0.25) is 0 Å². The second kappa shape index (κ2) is 20.2. The van der Waals surface area contributed by atoms with E-state index in [9.17, 15) is 2.74 Å². The van der Waals surface area contributed by atoms with E-state index in [-0.39, 0.29) is 66.4 Å². The van der Waals surface area contributed by atoms with Crippen LogP contribution >= 0.6 is 0 Å². The normalized spacial score (nSPS) is 14.1. The van der Waals surface area contributed by atoms with E-state index in [1.165, 1.54) is 18.2 Å². The summed E-state index contributed by atoms with van der Waals surface area (Å²) in [6.07, 6.45) is 5.65. The second-order valence-corrected chi connectivity index (χ2v) is 22.3. The molecule has 16 rings (SSSR count). The van der Waals surface area contributed by atoms with Crippen molar-refractivity contribution >= 4 is 54.8 Å². The quantitative estimate of drug-likeness (QED) is 0.118. The summed E-state index contributed by atoms with van der Waals surface area (Å²) in [5.74, 6) is 1.47. The van der Waals surface area contributed by atoms with Gasteiger partial charge in [0.1, 0.15) is 17.0 Å². The topological polar surface area (TPSA) is 49.0 Å². The van der Waals surface area contributed by atoms with Gasteiger partial charge in [0.15, 0.2) is 0 Å². The van der Waals surface area contributed by atoms with Gasteiger partial charge in [0, 0.05) is 63.3 Å². The third kappa shape index (κ3) is 8.49. The molecule has 15 aromatic rings. The minimum atomic E-state index is -2.78. The number of furan rings is 1. The van der Waals surface area contributed by atoms with Crippen molar-refractivity contribution < 1.29 is 49.9 Å². The van der Waals surface area contributed by atoms with Crippen molar-refractivity contribution in [2.24, 2.45) is 0 Å². The Morgan fingerprint density at radius 3 is 2.07 bits per heavy atom. The molecule has 6 nitrogen and oxygen atoms in total. The molecular formula is C78H54N4O2Pt-2. The van der Waals surface area contributed by atoms with Gasteiger partial charge in [-0.2, -0.15) is 18.2 Å². The molecular weight excluding hydrogens is 1220 g/mol. The summed E-state index contributed by atoms with van der Waals surface area (Å²) in [7, 11) is 0. The monoisotopic (exact) mass is 1280 g/mol. The van der Waals surface area contributed by atoms with Crippen LogP contribution in [0.5, 0.6) is 11.5 Å². The van der Waals surface area contributed by atoms with Crippen molar-refractivity contribution in [1.82, 2.24) is 14.1 Å². The second-order valence-electron chi connectivity index (χ2n) is 22.3. The van der Waals surface area contributed by atoms with E-state index in [1.54, 1.807) is 12.1 Å². The molecule has 0 bridgehead atoms. The SMILES string of the molecule is [2H]c1c([2H])c([2H])c(-c2cccc3c2-c2ccccc2-c2cc(-c4c(C([2H])([2H])[2H])cccc4C([2H])([2H])[2H])cc4c2[n+]([c-]n4-c2[c-]c(Oc4[c-]c5c(cc4)c4ccccc4n5-c4cc(C(C)(C)C)ccn4)ccc2)-c2c(-c4ccc5oc6ccccc6c5c4)cccc2-3)c([2H])c1[2H].[Pt]. The average Bonchev–Trinajstić information content (AvgIpc) is 1.47. The Hall–Kier alpha value is -9.87. The molecule has 0 saturated carbocycles. The maximum atomic E-state index is 9.45. The smallest absolute Gasteiger partial charge is 0.268 e. The zero-order valence-electron chi connectivity index (χ0n) is 57.1. The maximum Gasteiger partial charge on any atom is 0.268 e. The van der Waals surface area contributed by atoms with Crippen LogP contribution in [0.2, 0.25) is 0 Å². The summed E-state index contributed by atoms with van der Waals surface area (Å²) in [5.41, 5.74) is 11.7. The predicted molar refractivity (Wildman–Crippen MR) is 342 cm³/mol. The number of rotatable bonds is 7. The number of hydrogen-bond acceptors (Lipinski definition) is 3. The third-order valence-electron chi connectivity index (χ3n) is 16.3. The number of aryl methyl sites for hydroxylation is 2. The van der Waals surface area contributed by atoms with Gasteiger partial charge in [0.25, 0.3) is 6.33 Å². The van der Waals surface area contributed by atoms with Crippen molar-refractivity contribution in [2.45, 2.75) is 39.9 Å². The Balaban J connectivity index is 0.00000756. The predicted octanol–water partition coefficient (Wildman–Crippen LogP) is 19.7. The first-order valence-electron chi connectivity index (χ1n) is 33.3. The fourth-order valence-electron chi connectivity index (χ4n) is 12.4. The van der Waals surface area contributed by atoms with Crippen LogP contribution in [0.15, 0.2) is 241 Å². The Labute approximate surface area is 523 Å². The molecule has 0 amide bonds. The van der Waals surface area contributed by atoms with E-state index in [0.717, 1.165) is 60.7 Å². The molecule has 7 heteroatoms. The number of ether oxygens (including phenoxy) is 1. The summed E-state index contributed by atoms with van der Waals surface area (Å²) >= 11 is 0. The molecule has 5 heterocycles. The van der Waals surface area contributed by atoms with Crippen LogP contribution in [0, 0.1) is 32.2 Å². The van der Waals surface area contributed by atoms with Gasteiger partial charge in [-0.15, -0.1) is 29.7 Å². The molecule has 85 heavy (non-hydrogen) atoms. The molecule has 0 fully saturated rings. The summed E-state index contributed by atoms with van der Waals surface area (Å²) in [4.78, 5) is 4.88. The van der Waals surface area contributed by atoms with Crippen molar-refractivity contribution in [2.75, 3.05) is 0 Å². The van der Waals surface area contributed by atoms with Crippen LogP contribution in [0.25, 0.3) is 139 Å². The van der Waals surface area contributed by atoms with Crippen molar-refractivity contribution in [3.8, 4) is 95.5 Å². The molecule has 0 unspecified atom stereocenters. The number of fused-ring (bicyclic) bond motifs is 13. The standard InChI is InChI=1S/C78H54N4O2.Pt/c1-48-19-15-20-49(2)74(48)52-42-67-59-25-9-10-28-63(59)75-57(50-21-7-6-8-22-50)29-17-31-64(75)65-32-18-30-58(51-35-38-72-66(41-51)62-27-12-14-34-71(62)84-72)76(65)81-47-80(70(43-52)77(67)81)54-23-16-24-55(45-54)83-56-36-37-61-60-26-11-13-33-68(60)82(69(61)46-56)73-44-53(39-40-79-73)78(3,4)5;/h6-44H,1-5H3;/q-2;/i1D3,2D3,6D,7D,8D,21D,22D;. The van der Waals surface area contributed by atoms with Crippen molar-refractivity contribution in [1.29, 1.82) is 0 Å². The third-order valence-corrected chi connectivity index (χ3v) is 16.3. The zero-order chi connectivity index (χ0) is 65.7. The molecule has 0 saturated heterocycles. The number of para-hydroxylation sites is 3.